The van der Waals surface area contributed by atoms with Crippen LogP contribution in [0.3, 0.4) is 0 Å². The van der Waals surface area contributed by atoms with E-state index in [1.165, 1.54) is 25.7 Å². The Kier molecular flexibility index (Phi) is 3.95. The van der Waals surface area contributed by atoms with Gasteiger partial charge in [-0.15, -0.1) is 0 Å². The zero-order valence-electron chi connectivity index (χ0n) is 12.9. The van der Waals surface area contributed by atoms with E-state index in [4.69, 9.17) is 5.73 Å². The number of nitrogens with zero attached hydrogens (tertiary/aromatic N) is 3. The van der Waals surface area contributed by atoms with Crippen LogP contribution in [0.5, 0.6) is 0 Å². The summed E-state index contributed by atoms with van der Waals surface area (Å²) in [6.07, 6.45) is 6.85. The van der Waals surface area contributed by atoms with Crippen molar-refractivity contribution in [1.82, 2.24) is 9.97 Å². The number of rotatable bonds is 4. The Morgan fingerprint density at radius 2 is 2.00 bits per heavy atom. The first-order valence-corrected chi connectivity index (χ1v) is 7.92. The third-order valence-corrected chi connectivity index (χ3v) is 4.24. The molecule has 0 atom stereocenters. The second-order valence-electron chi connectivity index (χ2n) is 6.46. The fourth-order valence-corrected chi connectivity index (χ4v) is 3.31. The number of fused-ring (bicyclic) bond motifs is 1. The molecule has 1 aromatic carbocycles. The molecule has 1 heterocycles. The summed E-state index contributed by atoms with van der Waals surface area (Å²) in [4.78, 5) is 11.5. The Labute approximate surface area is 126 Å². The van der Waals surface area contributed by atoms with E-state index in [0.717, 1.165) is 29.0 Å². The van der Waals surface area contributed by atoms with E-state index >= 15 is 0 Å². The molecular formula is C17H24N4. The molecule has 1 aliphatic carbocycles. The van der Waals surface area contributed by atoms with Gasteiger partial charge in [-0.05, 0) is 37.0 Å². The summed E-state index contributed by atoms with van der Waals surface area (Å²) in [6, 6.07) is 6.50. The number of hydrogen-bond donors (Lipinski definition) is 1. The second kappa shape index (κ2) is 5.88. The van der Waals surface area contributed by atoms with Crippen LogP contribution in [0.4, 0.5) is 11.5 Å². The Balaban J connectivity index is 2.07. The maximum Gasteiger partial charge on any atom is 0.140 e. The molecular weight excluding hydrogens is 260 g/mol. The first kappa shape index (κ1) is 14.1. The highest BCUT2D eigenvalue weighted by atomic mass is 15.2. The molecule has 2 aromatic rings. The Morgan fingerprint density at radius 1 is 1.24 bits per heavy atom. The van der Waals surface area contributed by atoms with Crippen molar-refractivity contribution in [3.05, 3.63) is 24.5 Å². The maximum atomic E-state index is 5.97. The van der Waals surface area contributed by atoms with E-state index in [0.29, 0.717) is 12.0 Å². The van der Waals surface area contributed by atoms with Crippen molar-refractivity contribution in [2.45, 2.75) is 45.6 Å². The van der Waals surface area contributed by atoms with Gasteiger partial charge in [0.05, 0.1) is 5.52 Å². The van der Waals surface area contributed by atoms with Crippen LogP contribution >= 0.6 is 0 Å². The third-order valence-electron chi connectivity index (χ3n) is 4.24. The van der Waals surface area contributed by atoms with Crippen molar-refractivity contribution >= 4 is 22.4 Å². The lowest BCUT2D eigenvalue weighted by molar-refractivity contribution is 0.532. The SMILES string of the molecule is CC(C)CN(c1ncnc2ccc(N)cc12)C1CCCC1. The molecule has 0 amide bonds. The zero-order valence-corrected chi connectivity index (χ0v) is 12.9. The average molecular weight is 284 g/mol. The third kappa shape index (κ3) is 2.94. The molecule has 0 unspecified atom stereocenters. The molecule has 112 valence electrons. The van der Waals surface area contributed by atoms with Crippen molar-refractivity contribution in [3.8, 4) is 0 Å². The molecule has 3 rings (SSSR count). The van der Waals surface area contributed by atoms with Crippen molar-refractivity contribution < 1.29 is 0 Å². The van der Waals surface area contributed by atoms with E-state index in [9.17, 15) is 0 Å². The summed E-state index contributed by atoms with van der Waals surface area (Å²) in [5.74, 6) is 1.66. The largest absolute Gasteiger partial charge is 0.399 e. The Bertz CT molecular complexity index is 617. The highest BCUT2D eigenvalue weighted by Crippen LogP contribution is 2.32. The van der Waals surface area contributed by atoms with Crippen molar-refractivity contribution in [2.75, 3.05) is 17.2 Å². The highest BCUT2D eigenvalue weighted by molar-refractivity contribution is 5.91. The van der Waals surface area contributed by atoms with Gasteiger partial charge in [-0.1, -0.05) is 26.7 Å². The van der Waals surface area contributed by atoms with Gasteiger partial charge >= 0.3 is 0 Å². The Morgan fingerprint density at radius 3 is 2.71 bits per heavy atom. The van der Waals surface area contributed by atoms with E-state index in [1.54, 1.807) is 6.33 Å². The summed E-state index contributed by atoms with van der Waals surface area (Å²) in [6.45, 7) is 5.56. The summed E-state index contributed by atoms with van der Waals surface area (Å²) < 4.78 is 0. The fourth-order valence-electron chi connectivity index (χ4n) is 3.31. The normalized spacial score (nSPS) is 16.0. The number of hydrogen-bond acceptors (Lipinski definition) is 4. The van der Waals surface area contributed by atoms with Gasteiger partial charge in [0.25, 0.3) is 0 Å². The van der Waals surface area contributed by atoms with Crippen LogP contribution in [-0.2, 0) is 0 Å². The molecule has 1 aliphatic rings. The van der Waals surface area contributed by atoms with Crippen molar-refractivity contribution in [1.29, 1.82) is 0 Å². The standard InChI is InChI=1S/C17H24N4/c1-12(2)10-21(14-5-3-4-6-14)17-15-9-13(18)7-8-16(15)19-11-20-17/h7-9,11-12,14H,3-6,10,18H2,1-2H3. The lowest BCUT2D eigenvalue weighted by Crippen LogP contribution is -2.37. The molecule has 1 saturated carbocycles. The molecule has 2 N–H and O–H groups in total. The first-order valence-electron chi connectivity index (χ1n) is 7.92. The van der Waals surface area contributed by atoms with Crippen LogP contribution < -0.4 is 10.6 Å². The van der Waals surface area contributed by atoms with Crippen LogP contribution in [0, 0.1) is 5.92 Å². The molecule has 21 heavy (non-hydrogen) atoms. The van der Waals surface area contributed by atoms with Gasteiger partial charge in [0.1, 0.15) is 12.1 Å². The average Bonchev–Trinajstić information content (AvgIpc) is 2.98. The molecule has 1 fully saturated rings. The van der Waals surface area contributed by atoms with Crippen LogP contribution in [0.2, 0.25) is 0 Å². The minimum Gasteiger partial charge on any atom is -0.399 e. The van der Waals surface area contributed by atoms with E-state index < -0.39 is 0 Å². The van der Waals surface area contributed by atoms with Crippen LogP contribution in [0.25, 0.3) is 10.9 Å². The lowest BCUT2D eigenvalue weighted by Gasteiger charge is -2.32. The van der Waals surface area contributed by atoms with Crippen molar-refractivity contribution in [3.63, 3.8) is 0 Å². The maximum absolute atomic E-state index is 5.97. The van der Waals surface area contributed by atoms with Gasteiger partial charge in [0, 0.05) is 23.7 Å². The van der Waals surface area contributed by atoms with Gasteiger partial charge in [0.15, 0.2) is 0 Å². The van der Waals surface area contributed by atoms with Crippen LogP contribution in [-0.4, -0.2) is 22.6 Å². The molecule has 0 saturated heterocycles. The van der Waals surface area contributed by atoms with Gasteiger partial charge < -0.3 is 10.6 Å². The Hall–Kier alpha value is -1.84. The molecule has 0 aliphatic heterocycles. The van der Waals surface area contributed by atoms with Crippen molar-refractivity contribution in [2.24, 2.45) is 5.92 Å². The number of anilines is 2. The number of aromatic nitrogens is 2. The van der Waals surface area contributed by atoms with Crippen LogP contribution in [0.15, 0.2) is 24.5 Å². The minimum absolute atomic E-state index is 0.604. The summed E-state index contributed by atoms with van der Waals surface area (Å²) >= 11 is 0. The van der Waals surface area contributed by atoms with E-state index in [2.05, 4.69) is 28.7 Å². The molecule has 0 bridgehead atoms. The number of benzene rings is 1. The minimum atomic E-state index is 0.604. The second-order valence-corrected chi connectivity index (χ2v) is 6.46. The first-order chi connectivity index (χ1) is 10.1. The van der Waals surface area contributed by atoms with Gasteiger partial charge in [-0.25, -0.2) is 9.97 Å². The highest BCUT2D eigenvalue weighted by Gasteiger charge is 2.25. The van der Waals surface area contributed by atoms with E-state index in [1.807, 2.05) is 18.2 Å². The quantitative estimate of drug-likeness (QED) is 0.871. The molecule has 4 heteroatoms. The molecule has 1 aromatic heterocycles. The monoisotopic (exact) mass is 284 g/mol. The van der Waals surface area contributed by atoms with Gasteiger partial charge in [0.2, 0.25) is 0 Å². The number of nitrogen functional groups attached to an aromatic ring is 1. The summed E-state index contributed by atoms with van der Waals surface area (Å²) in [7, 11) is 0. The molecule has 0 spiro atoms. The van der Waals surface area contributed by atoms with E-state index in [-0.39, 0.29) is 0 Å². The summed E-state index contributed by atoms with van der Waals surface area (Å²) in [5.41, 5.74) is 7.72. The smallest absolute Gasteiger partial charge is 0.140 e. The predicted octanol–water partition coefficient (Wildman–Crippen LogP) is 3.62. The van der Waals surface area contributed by atoms with Gasteiger partial charge in [-0.3, -0.25) is 0 Å². The fraction of sp³-hybridized carbons (Fsp3) is 0.529. The van der Waals surface area contributed by atoms with Crippen LogP contribution in [0.1, 0.15) is 39.5 Å². The predicted molar refractivity (Wildman–Crippen MR) is 88.4 cm³/mol. The lowest BCUT2D eigenvalue weighted by atomic mass is 10.1. The zero-order chi connectivity index (χ0) is 14.8. The van der Waals surface area contributed by atoms with Gasteiger partial charge in [-0.2, -0.15) is 0 Å². The number of nitrogens with two attached hydrogens (primary N) is 1. The molecule has 0 radical (unpaired) electrons. The topological polar surface area (TPSA) is 55.0 Å². The summed E-state index contributed by atoms with van der Waals surface area (Å²) in [5, 5.41) is 1.07. The molecule has 4 nitrogen and oxygen atoms in total.